The van der Waals surface area contributed by atoms with Crippen molar-refractivity contribution in [3.63, 3.8) is 0 Å². The van der Waals surface area contributed by atoms with Crippen molar-refractivity contribution in [2.45, 2.75) is 6.92 Å². The lowest BCUT2D eigenvalue weighted by Gasteiger charge is -1.97. The molecule has 0 amide bonds. The smallest absolute Gasteiger partial charge is 0.237 e. The highest BCUT2D eigenvalue weighted by Crippen LogP contribution is 2.05. The first-order chi connectivity index (χ1) is 6.79. The normalized spacial score (nSPS) is 10.1. The van der Waals surface area contributed by atoms with Crippen LogP contribution in [0, 0.1) is 6.92 Å². The SMILES string of the molecule is Cc1ccc(-n2nnc(C=O)n2)cc1. The van der Waals surface area contributed by atoms with Crippen molar-refractivity contribution in [3.05, 3.63) is 35.7 Å². The van der Waals surface area contributed by atoms with Crippen molar-refractivity contribution >= 4 is 6.29 Å². The van der Waals surface area contributed by atoms with Crippen LogP contribution in [0.15, 0.2) is 24.3 Å². The minimum absolute atomic E-state index is 0.0885. The first-order valence-corrected chi connectivity index (χ1v) is 4.12. The van der Waals surface area contributed by atoms with E-state index >= 15 is 0 Å². The molecule has 2 rings (SSSR count). The van der Waals surface area contributed by atoms with Crippen LogP contribution in [-0.2, 0) is 0 Å². The number of aromatic nitrogens is 4. The predicted octanol–water partition coefficient (Wildman–Crippen LogP) is 0.783. The summed E-state index contributed by atoms with van der Waals surface area (Å²) in [6.07, 6.45) is 0.567. The van der Waals surface area contributed by atoms with Gasteiger partial charge in [0.2, 0.25) is 5.82 Å². The number of nitrogens with zero attached hydrogens (tertiary/aromatic N) is 4. The molecule has 0 atom stereocenters. The van der Waals surface area contributed by atoms with Crippen LogP contribution in [-0.4, -0.2) is 26.5 Å². The van der Waals surface area contributed by atoms with Gasteiger partial charge in [0, 0.05) is 0 Å². The zero-order valence-electron chi connectivity index (χ0n) is 7.58. The maximum atomic E-state index is 10.3. The number of tetrazole rings is 1. The van der Waals surface area contributed by atoms with E-state index in [1.807, 2.05) is 31.2 Å². The van der Waals surface area contributed by atoms with Crippen molar-refractivity contribution in [2.24, 2.45) is 0 Å². The molecule has 0 saturated carbocycles. The number of aldehydes is 1. The average molecular weight is 188 g/mol. The van der Waals surface area contributed by atoms with Gasteiger partial charge in [-0.2, -0.15) is 0 Å². The molecule has 0 aliphatic rings. The predicted molar refractivity (Wildman–Crippen MR) is 49.3 cm³/mol. The van der Waals surface area contributed by atoms with Crippen LogP contribution in [0.4, 0.5) is 0 Å². The molecule has 0 bridgehead atoms. The molecule has 5 nitrogen and oxygen atoms in total. The molecule has 5 heteroatoms. The fraction of sp³-hybridized carbons (Fsp3) is 0.111. The Bertz CT molecular complexity index is 446. The quantitative estimate of drug-likeness (QED) is 0.653. The van der Waals surface area contributed by atoms with Gasteiger partial charge in [0.05, 0.1) is 5.69 Å². The van der Waals surface area contributed by atoms with Crippen LogP contribution in [0.25, 0.3) is 5.69 Å². The van der Waals surface area contributed by atoms with Gasteiger partial charge in [-0.05, 0) is 24.3 Å². The van der Waals surface area contributed by atoms with Gasteiger partial charge in [-0.25, -0.2) is 0 Å². The third-order valence-corrected chi connectivity index (χ3v) is 1.80. The Kier molecular flexibility index (Phi) is 2.06. The van der Waals surface area contributed by atoms with E-state index in [0.29, 0.717) is 6.29 Å². The molecular weight excluding hydrogens is 180 g/mol. The Morgan fingerprint density at radius 3 is 2.57 bits per heavy atom. The number of hydrogen-bond donors (Lipinski definition) is 0. The largest absolute Gasteiger partial charge is 0.294 e. The highest BCUT2D eigenvalue weighted by atomic mass is 16.1. The summed E-state index contributed by atoms with van der Waals surface area (Å²) >= 11 is 0. The molecule has 0 saturated heterocycles. The van der Waals surface area contributed by atoms with Crippen molar-refractivity contribution < 1.29 is 4.79 Å². The van der Waals surface area contributed by atoms with E-state index in [-0.39, 0.29) is 5.82 Å². The maximum absolute atomic E-state index is 10.3. The van der Waals surface area contributed by atoms with E-state index in [0.717, 1.165) is 11.3 Å². The molecule has 0 unspecified atom stereocenters. The van der Waals surface area contributed by atoms with Gasteiger partial charge in [-0.1, -0.05) is 17.7 Å². The van der Waals surface area contributed by atoms with Crippen molar-refractivity contribution in [3.8, 4) is 5.69 Å². The summed E-state index contributed by atoms with van der Waals surface area (Å²) < 4.78 is 0. The van der Waals surface area contributed by atoms with E-state index in [1.165, 1.54) is 4.80 Å². The van der Waals surface area contributed by atoms with E-state index in [1.54, 1.807) is 0 Å². The lowest BCUT2D eigenvalue weighted by Crippen LogP contribution is -1.98. The Morgan fingerprint density at radius 1 is 1.29 bits per heavy atom. The van der Waals surface area contributed by atoms with Crippen LogP contribution < -0.4 is 0 Å². The van der Waals surface area contributed by atoms with E-state index in [2.05, 4.69) is 15.4 Å². The van der Waals surface area contributed by atoms with Gasteiger partial charge < -0.3 is 0 Å². The molecule has 2 aromatic rings. The van der Waals surface area contributed by atoms with E-state index < -0.39 is 0 Å². The summed E-state index contributed by atoms with van der Waals surface area (Å²) in [5, 5.41) is 11.1. The molecule has 0 fully saturated rings. The molecule has 0 aliphatic heterocycles. The van der Waals surface area contributed by atoms with Crippen LogP contribution in [0.2, 0.25) is 0 Å². The maximum Gasteiger partial charge on any atom is 0.237 e. The highest BCUT2D eigenvalue weighted by molar-refractivity contribution is 5.67. The lowest BCUT2D eigenvalue weighted by molar-refractivity contribution is 0.111. The summed E-state index contributed by atoms with van der Waals surface area (Å²) in [5.74, 6) is 0.0885. The molecular formula is C9H8N4O. The second kappa shape index (κ2) is 3.37. The standard InChI is InChI=1S/C9H8N4O/c1-7-2-4-8(5-3-7)13-11-9(6-14)10-12-13/h2-6H,1H3. The van der Waals surface area contributed by atoms with Gasteiger partial charge in [0.15, 0.2) is 6.29 Å². The Morgan fingerprint density at radius 2 is 2.00 bits per heavy atom. The second-order valence-corrected chi connectivity index (χ2v) is 2.89. The van der Waals surface area contributed by atoms with Gasteiger partial charge in [-0.3, -0.25) is 4.79 Å². The zero-order valence-corrected chi connectivity index (χ0v) is 7.58. The molecule has 1 aromatic heterocycles. The monoisotopic (exact) mass is 188 g/mol. The Balaban J connectivity index is 2.39. The van der Waals surface area contributed by atoms with E-state index in [9.17, 15) is 4.79 Å². The minimum Gasteiger partial charge on any atom is -0.294 e. The first kappa shape index (κ1) is 8.55. The fourth-order valence-corrected chi connectivity index (χ4v) is 1.06. The topological polar surface area (TPSA) is 60.7 Å². The van der Waals surface area contributed by atoms with Crippen LogP contribution >= 0.6 is 0 Å². The molecule has 0 radical (unpaired) electrons. The minimum atomic E-state index is 0.0885. The second-order valence-electron chi connectivity index (χ2n) is 2.89. The molecule has 1 aromatic carbocycles. The Hall–Kier alpha value is -2.04. The summed E-state index contributed by atoms with van der Waals surface area (Å²) in [5.41, 5.74) is 1.95. The van der Waals surface area contributed by atoms with Crippen molar-refractivity contribution in [1.82, 2.24) is 20.2 Å². The fourth-order valence-electron chi connectivity index (χ4n) is 1.06. The molecule has 0 aliphatic carbocycles. The molecule has 1 heterocycles. The van der Waals surface area contributed by atoms with Gasteiger partial charge >= 0.3 is 0 Å². The van der Waals surface area contributed by atoms with Crippen molar-refractivity contribution in [1.29, 1.82) is 0 Å². The third kappa shape index (κ3) is 1.52. The number of benzene rings is 1. The first-order valence-electron chi connectivity index (χ1n) is 4.12. The highest BCUT2D eigenvalue weighted by Gasteiger charge is 2.02. The van der Waals surface area contributed by atoms with Gasteiger partial charge in [-0.15, -0.1) is 15.0 Å². The van der Waals surface area contributed by atoms with Crippen LogP contribution in [0.5, 0.6) is 0 Å². The molecule has 70 valence electrons. The number of carbonyl (C=O) groups is 1. The molecule has 0 N–H and O–H groups in total. The number of aryl methyl sites for hydroxylation is 1. The van der Waals surface area contributed by atoms with Crippen LogP contribution in [0.1, 0.15) is 16.2 Å². The van der Waals surface area contributed by atoms with E-state index in [4.69, 9.17) is 0 Å². The zero-order chi connectivity index (χ0) is 9.97. The summed E-state index contributed by atoms with van der Waals surface area (Å²) in [6, 6.07) is 7.62. The number of hydrogen-bond acceptors (Lipinski definition) is 4. The van der Waals surface area contributed by atoms with Crippen molar-refractivity contribution in [2.75, 3.05) is 0 Å². The molecule has 14 heavy (non-hydrogen) atoms. The number of rotatable bonds is 2. The van der Waals surface area contributed by atoms with Gasteiger partial charge in [0.25, 0.3) is 0 Å². The van der Waals surface area contributed by atoms with Gasteiger partial charge in [0.1, 0.15) is 0 Å². The third-order valence-electron chi connectivity index (χ3n) is 1.80. The number of carbonyl (C=O) groups excluding carboxylic acids is 1. The summed E-state index contributed by atoms with van der Waals surface area (Å²) in [4.78, 5) is 11.6. The molecule has 0 spiro atoms. The summed E-state index contributed by atoms with van der Waals surface area (Å²) in [6.45, 7) is 2.00. The average Bonchev–Trinajstić information content (AvgIpc) is 2.67. The Labute approximate surface area is 80.4 Å². The lowest BCUT2D eigenvalue weighted by atomic mass is 10.2. The summed E-state index contributed by atoms with van der Waals surface area (Å²) in [7, 11) is 0. The van der Waals surface area contributed by atoms with Crippen LogP contribution in [0.3, 0.4) is 0 Å².